The molecule has 1 aromatic heterocycles. The van der Waals surface area contributed by atoms with E-state index in [-0.39, 0.29) is 6.10 Å². The summed E-state index contributed by atoms with van der Waals surface area (Å²) in [5.41, 5.74) is 1.26. The van der Waals surface area contributed by atoms with Gasteiger partial charge in [-0.3, -0.25) is 4.99 Å². The largest absolute Gasteiger partial charge is 0.490 e. The zero-order chi connectivity index (χ0) is 16.8. The summed E-state index contributed by atoms with van der Waals surface area (Å²) < 4.78 is 8.12. The first-order valence-corrected chi connectivity index (χ1v) is 8.53. The maximum absolute atomic E-state index is 6.06. The van der Waals surface area contributed by atoms with Gasteiger partial charge in [0.1, 0.15) is 11.9 Å². The number of nitrogens with zero attached hydrogens (tertiary/aromatic N) is 3. The highest BCUT2D eigenvalue weighted by molar-refractivity contribution is 5.79. The third-order valence-electron chi connectivity index (χ3n) is 4.34. The molecule has 1 fully saturated rings. The quantitative estimate of drug-likeness (QED) is 0.694. The summed E-state index contributed by atoms with van der Waals surface area (Å²) in [5, 5.41) is 3.46. The molecular formula is C19H26N4O. The molecular weight excluding hydrogens is 300 g/mol. The topological polar surface area (TPSA) is 41.8 Å². The molecule has 2 aromatic rings. The van der Waals surface area contributed by atoms with Crippen LogP contribution in [-0.2, 0) is 13.6 Å². The Morgan fingerprint density at radius 3 is 2.58 bits per heavy atom. The number of nitrogens with one attached hydrogen (secondary N) is 1. The van der Waals surface area contributed by atoms with E-state index >= 15 is 0 Å². The summed E-state index contributed by atoms with van der Waals surface area (Å²) >= 11 is 0. The highest BCUT2D eigenvalue weighted by atomic mass is 16.5. The Balaban J connectivity index is 1.47. The Labute approximate surface area is 144 Å². The van der Waals surface area contributed by atoms with E-state index in [0.717, 1.165) is 44.2 Å². The van der Waals surface area contributed by atoms with Crippen LogP contribution in [0.25, 0.3) is 0 Å². The van der Waals surface area contributed by atoms with Crippen LogP contribution >= 0.6 is 0 Å². The number of rotatable bonds is 4. The molecule has 0 saturated carbocycles. The molecule has 1 N–H and O–H groups in total. The molecule has 1 aromatic carbocycles. The minimum atomic E-state index is 0.288. The van der Waals surface area contributed by atoms with Gasteiger partial charge in [-0.2, -0.15) is 0 Å². The van der Waals surface area contributed by atoms with Gasteiger partial charge in [0.15, 0.2) is 5.96 Å². The maximum atomic E-state index is 6.06. The summed E-state index contributed by atoms with van der Waals surface area (Å²) in [4.78, 5) is 6.74. The highest BCUT2D eigenvalue weighted by Crippen LogP contribution is 2.18. The summed E-state index contributed by atoms with van der Waals surface area (Å²) in [6, 6.07) is 12.2. The fraction of sp³-hybridized carbons (Fsp3) is 0.421. The molecule has 0 atom stereocenters. The van der Waals surface area contributed by atoms with Crippen LogP contribution in [0.3, 0.4) is 0 Å². The maximum Gasteiger partial charge on any atom is 0.193 e. The van der Waals surface area contributed by atoms with E-state index in [1.807, 2.05) is 44.4 Å². The molecule has 0 spiro atoms. The van der Waals surface area contributed by atoms with Gasteiger partial charge in [0.25, 0.3) is 0 Å². The predicted octanol–water partition coefficient (Wildman–Crippen LogP) is 2.64. The van der Waals surface area contributed by atoms with Crippen LogP contribution in [0.1, 0.15) is 18.4 Å². The normalized spacial score (nSPS) is 16.2. The van der Waals surface area contributed by atoms with Gasteiger partial charge in [-0.15, -0.1) is 0 Å². The van der Waals surface area contributed by atoms with E-state index in [4.69, 9.17) is 4.74 Å². The van der Waals surface area contributed by atoms with E-state index in [1.165, 1.54) is 5.56 Å². The number of aromatic nitrogens is 1. The van der Waals surface area contributed by atoms with Gasteiger partial charge in [-0.25, -0.2) is 0 Å². The van der Waals surface area contributed by atoms with Crippen LogP contribution in [0.2, 0.25) is 0 Å². The Morgan fingerprint density at radius 1 is 1.21 bits per heavy atom. The van der Waals surface area contributed by atoms with Crippen molar-refractivity contribution in [2.24, 2.45) is 12.0 Å². The molecule has 0 bridgehead atoms. The van der Waals surface area contributed by atoms with Crippen LogP contribution in [0, 0.1) is 0 Å². The Bertz CT molecular complexity index is 657. The van der Waals surface area contributed by atoms with Gasteiger partial charge in [-0.05, 0) is 23.8 Å². The molecule has 0 amide bonds. The lowest BCUT2D eigenvalue weighted by Crippen LogP contribution is -2.47. The SMILES string of the molecule is CN=C(NCc1ccn(C)c1)N1CCC(Oc2ccccc2)CC1. The first-order chi connectivity index (χ1) is 11.7. The van der Waals surface area contributed by atoms with Gasteiger partial charge in [0.2, 0.25) is 0 Å². The minimum absolute atomic E-state index is 0.288. The van der Waals surface area contributed by atoms with Crippen molar-refractivity contribution in [2.75, 3.05) is 20.1 Å². The van der Waals surface area contributed by atoms with Gasteiger partial charge >= 0.3 is 0 Å². The number of aliphatic imine (C=N–C) groups is 1. The highest BCUT2D eigenvalue weighted by Gasteiger charge is 2.22. The Morgan fingerprint density at radius 2 is 1.96 bits per heavy atom. The summed E-state index contributed by atoms with van der Waals surface area (Å²) in [7, 11) is 3.88. The fourth-order valence-corrected chi connectivity index (χ4v) is 3.06. The van der Waals surface area contributed by atoms with Crippen LogP contribution < -0.4 is 10.1 Å². The molecule has 1 saturated heterocycles. The summed E-state index contributed by atoms with van der Waals surface area (Å²) in [5.74, 6) is 1.93. The number of hydrogen-bond donors (Lipinski definition) is 1. The van der Waals surface area contributed by atoms with Crippen molar-refractivity contribution in [1.29, 1.82) is 0 Å². The second-order valence-corrected chi connectivity index (χ2v) is 6.20. The van der Waals surface area contributed by atoms with Crippen molar-refractivity contribution in [3.63, 3.8) is 0 Å². The zero-order valence-electron chi connectivity index (χ0n) is 14.5. The number of likely N-dealkylation sites (tertiary alicyclic amines) is 1. The van der Waals surface area contributed by atoms with E-state index < -0.39 is 0 Å². The third-order valence-corrected chi connectivity index (χ3v) is 4.34. The molecule has 1 aliphatic rings. The lowest BCUT2D eigenvalue weighted by molar-refractivity contribution is 0.129. The Kier molecular flexibility index (Phi) is 5.41. The number of ether oxygens (including phenoxy) is 1. The molecule has 128 valence electrons. The van der Waals surface area contributed by atoms with Crippen molar-refractivity contribution in [3.8, 4) is 5.75 Å². The number of guanidine groups is 1. The van der Waals surface area contributed by atoms with Crippen LogP contribution in [0.5, 0.6) is 5.75 Å². The van der Waals surface area contributed by atoms with Crippen molar-refractivity contribution < 1.29 is 4.74 Å². The van der Waals surface area contributed by atoms with Crippen molar-refractivity contribution >= 4 is 5.96 Å². The molecule has 0 radical (unpaired) electrons. The monoisotopic (exact) mass is 326 g/mol. The van der Waals surface area contributed by atoms with Gasteiger partial charge in [0.05, 0.1) is 0 Å². The molecule has 0 aliphatic carbocycles. The van der Waals surface area contributed by atoms with Crippen LogP contribution in [-0.4, -0.2) is 41.7 Å². The van der Waals surface area contributed by atoms with Crippen LogP contribution in [0.15, 0.2) is 53.8 Å². The first-order valence-electron chi connectivity index (χ1n) is 8.53. The van der Waals surface area contributed by atoms with E-state index in [9.17, 15) is 0 Å². The number of piperidine rings is 1. The number of benzene rings is 1. The van der Waals surface area contributed by atoms with E-state index in [1.54, 1.807) is 0 Å². The molecule has 24 heavy (non-hydrogen) atoms. The van der Waals surface area contributed by atoms with Crippen molar-refractivity contribution in [3.05, 3.63) is 54.4 Å². The average Bonchev–Trinajstić information content (AvgIpc) is 3.03. The molecule has 2 heterocycles. The zero-order valence-corrected chi connectivity index (χ0v) is 14.5. The van der Waals surface area contributed by atoms with Gasteiger partial charge in [-0.1, -0.05) is 18.2 Å². The molecule has 0 unspecified atom stereocenters. The average molecular weight is 326 g/mol. The minimum Gasteiger partial charge on any atom is -0.490 e. The van der Waals surface area contributed by atoms with Gasteiger partial charge in [0, 0.05) is 59.0 Å². The lowest BCUT2D eigenvalue weighted by Gasteiger charge is -2.34. The summed E-state index contributed by atoms with van der Waals surface area (Å²) in [6.45, 7) is 2.73. The molecule has 3 rings (SSSR count). The third kappa shape index (κ3) is 4.31. The second-order valence-electron chi connectivity index (χ2n) is 6.20. The lowest BCUT2D eigenvalue weighted by atomic mass is 10.1. The molecule has 1 aliphatic heterocycles. The van der Waals surface area contributed by atoms with E-state index in [0.29, 0.717) is 0 Å². The standard InChI is InChI=1S/C19H26N4O/c1-20-19(21-14-16-8-11-22(2)15-16)23-12-9-18(10-13-23)24-17-6-4-3-5-7-17/h3-8,11,15,18H,9-10,12-14H2,1-2H3,(H,20,21). The smallest absolute Gasteiger partial charge is 0.193 e. The summed E-state index contributed by atoms with van der Waals surface area (Å²) in [6.07, 6.45) is 6.50. The van der Waals surface area contributed by atoms with E-state index in [2.05, 4.69) is 38.2 Å². The first kappa shape index (κ1) is 16.4. The molecule has 5 nitrogen and oxygen atoms in total. The second kappa shape index (κ2) is 7.90. The molecule has 5 heteroatoms. The van der Waals surface area contributed by atoms with Crippen LogP contribution in [0.4, 0.5) is 0 Å². The van der Waals surface area contributed by atoms with Crippen molar-refractivity contribution in [1.82, 2.24) is 14.8 Å². The fourth-order valence-electron chi connectivity index (χ4n) is 3.06. The Hall–Kier alpha value is -2.43. The number of para-hydroxylation sites is 1. The van der Waals surface area contributed by atoms with Gasteiger partial charge < -0.3 is 19.5 Å². The number of hydrogen-bond acceptors (Lipinski definition) is 2. The predicted molar refractivity (Wildman–Crippen MR) is 97.3 cm³/mol. The van der Waals surface area contributed by atoms with Crippen molar-refractivity contribution in [2.45, 2.75) is 25.5 Å². The number of aryl methyl sites for hydroxylation is 1.